The SMILES string of the molecule is O=C(CSC1=NC(=Cc2ccccc2)C(=O)N1c1ccc(F)cc1)Nc1ccc(F)c(Cl)c1. The van der Waals surface area contributed by atoms with Crippen molar-refractivity contribution in [3.05, 3.63) is 101 Å². The highest BCUT2D eigenvalue weighted by atomic mass is 35.5. The van der Waals surface area contributed by atoms with Crippen LogP contribution in [0, 0.1) is 11.6 Å². The van der Waals surface area contributed by atoms with Gasteiger partial charge >= 0.3 is 0 Å². The largest absolute Gasteiger partial charge is 0.325 e. The molecule has 1 N–H and O–H groups in total. The predicted molar refractivity (Wildman–Crippen MR) is 128 cm³/mol. The van der Waals surface area contributed by atoms with Gasteiger partial charge in [0.25, 0.3) is 5.91 Å². The molecule has 1 heterocycles. The molecule has 166 valence electrons. The van der Waals surface area contributed by atoms with Gasteiger partial charge < -0.3 is 5.32 Å². The fourth-order valence-electron chi connectivity index (χ4n) is 3.02. The van der Waals surface area contributed by atoms with E-state index in [1.165, 1.54) is 41.3 Å². The molecule has 4 rings (SSSR count). The molecule has 0 aromatic heterocycles. The van der Waals surface area contributed by atoms with E-state index in [2.05, 4.69) is 10.3 Å². The second-order valence-corrected chi connectivity index (χ2v) is 8.27. The van der Waals surface area contributed by atoms with E-state index < -0.39 is 23.4 Å². The molecular formula is C24H16ClF2N3O2S. The number of nitrogens with one attached hydrogen (secondary N) is 1. The average Bonchev–Trinajstić information content (AvgIpc) is 3.11. The fraction of sp³-hybridized carbons (Fsp3) is 0.0417. The Labute approximate surface area is 197 Å². The van der Waals surface area contributed by atoms with Gasteiger partial charge in [-0.05, 0) is 54.1 Å². The highest BCUT2D eigenvalue weighted by Gasteiger charge is 2.32. The quantitative estimate of drug-likeness (QED) is 0.471. The number of rotatable bonds is 5. The molecule has 0 radical (unpaired) electrons. The van der Waals surface area contributed by atoms with Crippen LogP contribution in [0.25, 0.3) is 6.08 Å². The zero-order chi connectivity index (χ0) is 23.4. The summed E-state index contributed by atoms with van der Waals surface area (Å²) in [4.78, 5) is 31.3. The normalized spacial score (nSPS) is 14.5. The first kappa shape index (κ1) is 22.7. The molecule has 0 bridgehead atoms. The maximum absolute atomic E-state index is 13.4. The van der Waals surface area contributed by atoms with E-state index >= 15 is 0 Å². The number of nitrogens with zero attached hydrogens (tertiary/aromatic N) is 2. The Bertz CT molecular complexity index is 1260. The molecule has 0 fully saturated rings. The first-order valence-corrected chi connectivity index (χ1v) is 11.1. The second kappa shape index (κ2) is 9.97. The summed E-state index contributed by atoms with van der Waals surface area (Å²) in [5, 5.41) is 2.80. The lowest BCUT2D eigenvalue weighted by Crippen LogP contribution is -2.31. The number of halogens is 3. The first-order valence-electron chi connectivity index (χ1n) is 9.74. The van der Waals surface area contributed by atoms with Gasteiger partial charge in [0.2, 0.25) is 5.91 Å². The van der Waals surface area contributed by atoms with Gasteiger partial charge in [0.05, 0.1) is 16.5 Å². The summed E-state index contributed by atoms with van der Waals surface area (Å²) >= 11 is 6.79. The summed E-state index contributed by atoms with van der Waals surface area (Å²) in [7, 11) is 0. The number of carbonyl (C=O) groups excluding carboxylic acids is 2. The Morgan fingerprint density at radius 3 is 2.48 bits per heavy atom. The van der Waals surface area contributed by atoms with Crippen LogP contribution in [0.5, 0.6) is 0 Å². The summed E-state index contributed by atoms with van der Waals surface area (Å²) in [5.74, 6) is -1.88. The number of anilines is 2. The van der Waals surface area contributed by atoms with E-state index in [-0.39, 0.29) is 21.6 Å². The molecule has 0 saturated heterocycles. The van der Waals surface area contributed by atoms with Crippen LogP contribution < -0.4 is 10.2 Å². The summed E-state index contributed by atoms with van der Waals surface area (Å²) in [6, 6.07) is 18.5. The standard InChI is InChI=1S/C24H16ClF2N3O2S/c25-19-13-17(8-11-20(19)27)28-22(31)14-33-24-29-21(12-15-4-2-1-3-5-15)23(32)30(24)18-9-6-16(26)7-10-18/h1-13H,14H2,(H,28,31). The highest BCUT2D eigenvalue weighted by Crippen LogP contribution is 2.30. The Morgan fingerprint density at radius 2 is 1.79 bits per heavy atom. The Balaban J connectivity index is 1.55. The van der Waals surface area contributed by atoms with Gasteiger partial charge in [-0.1, -0.05) is 53.7 Å². The maximum Gasteiger partial charge on any atom is 0.283 e. The van der Waals surface area contributed by atoms with E-state index in [9.17, 15) is 18.4 Å². The molecule has 9 heteroatoms. The Kier molecular flexibility index (Phi) is 6.86. The topological polar surface area (TPSA) is 61.8 Å². The summed E-state index contributed by atoms with van der Waals surface area (Å²) in [6.07, 6.45) is 1.65. The van der Waals surface area contributed by atoms with E-state index in [0.29, 0.717) is 11.4 Å². The molecule has 0 unspecified atom stereocenters. The molecule has 1 aliphatic heterocycles. The van der Waals surface area contributed by atoms with Crippen LogP contribution in [0.3, 0.4) is 0 Å². The zero-order valence-electron chi connectivity index (χ0n) is 17.0. The van der Waals surface area contributed by atoms with Gasteiger partial charge in [-0.25, -0.2) is 13.8 Å². The monoisotopic (exact) mass is 483 g/mol. The predicted octanol–water partition coefficient (Wildman–Crippen LogP) is 5.73. The average molecular weight is 484 g/mol. The van der Waals surface area contributed by atoms with Gasteiger partial charge in [0.1, 0.15) is 17.3 Å². The van der Waals surface area contributed by atoms with Crippen LogP contribution >= 0.6 is 23.4 Å². The summed E-state index contributed by atoms with van der Waals surface area (Å²) in [5.41, 5.74) is 1.76. The van der Waals surface area contributed by atoms with Crippen LogP contribution in [0.2, 0.25) is 5.02 Å². The molecule has 2 amide bonds. The lowest BCUT2D eigenvalue weighted by atomic mass is 10.2. The number of hydrogen-bond donors (Lipinski definition) is 1. The number of aliphatic imine (C=N–C) groups is 1. The zero-order valence-corrected chi connectivity index (χ0v) is 18.5. The summed E-state index contributed by atoms with van der Waals surface area (Å²) in [6.45, 7) is 0. The molecule has 33 heavy (non-hydrogen) atoms. The van der Waals surface area contributed by atoms with Crippen molar-refractivity contribution in [1.82, 2.24) is 0 Å². The fourth-order valence-corrected chi connectivity index (χ4v) is 4.01. The van der Waals surface area contributed by atoms with Crippen molar-refractivity contribution in [3.63, 3.8) is 0 Å². The third-order valence-electron chi connectivity index (χ3n) is 4.55. The third-order valence-corrected chi connectivity index (χ3v) is 5.78. The number of amides is 2. The highest BCUT2D eigenvalue weighted by molar-refractivity contribution is 8.14. The van der Waals surface area contributed by atoms with Crippen LogP contribution in [0.1, 0.15) is 5.56 Å². The van der Waals surface area contributed by atoms with Gasteiger partial charge in [-0.15, -0.1) is 0 Å². The van der Waals surface area contributed by atoms with Gasteiger partial charge in [0.15, 0.2) is 5.17 Å². The van der Waals surface area contributed by atoms with Gasteiger partial charge in [-0.2, -0.15) is 0 Å². The van der Waals surface area contributed by atoms with Crippen molar-refractivity contribution in [2.45, 2.75) is 0 Å². The van der Waals surface area contributed by atoms with E-state index in [0.717, 1.165) is 23.4 Å². The van der Waals surface area contributed by atoms with Crippen molar-refractivity contribution in [2.24, 2.45) is 4.99 Å². The van der Waals surface area contributed by atoms with Crippen molar-refractivity contribution in [3.8, 4) is 0 Å². The minimum Gasteiger partial charge on any atom is -0.325 e. The molecule has 1 aliphatic rings. The van der Waals surface area contributed by atoms with Crippen LogP contribution in [-0.2, 0) is 9.59 Å². The molecule has 0 atom stereocenters. The molecule has 3 aromatic rings. The molecule has 3 aromatic carbocycles. The van der Waals surface area contributed by atoms with Gasteiger partial charge in [-0.3, -0.25) is 14.5 Å². The van der Waals surface area contributed by atoms with Crippen LogP contribution in [-0.4, -0.2) is 22.7 Å². The first-order chi connectivity index (χ1) is 15.9. The van der Waals surface area contributed by atoms with Crippen LogP contribution in [0.4, 0.5) is 20.2 Å². The lowest BCUT2D eigenvalue weighted by molar-refractivity contribution is -0.114. The maximum atomic E-state index is 13.4. The second-order valence-electron chi connectivity index (χ2n) is 6.92. The minimum atomic E-state index is -0.587. The number of hydrogen-bond acceptors (Lipinski definition) is 4. The molecular weight excluding hydrogens is 468 g/mol. The third kappa shape index (κ3) is 5.47. The van der Waals surface area contributed by atoms with Crippen molar-refractivity contribution >= 4 is 57.8 Å². The molecule has 0 spiro atoms. The Hall–Kier alpha value is -3.49. The van der Waals surface area contributed by atoms with Gasteiger partial charge in [0, 0.05) is 5.69 Å². The Morgan fingerprint density at radius 1 is 1.06 bits per heavy atom. The van der Waals surface area contributed by atoms with Crippen LogP contribution in [0.15, 0.2) is 83.5 Å². The van der Waals surface area contributed by atoms with E-state index in [1.807, 2.05) is 30.3 Å². The van der Waals surface area contributed by atoms with Crippen molar-refractivity contribution < 1.29 is 18.4 Å². The van der Waals surface area contributed by atoms with Crippen molar-refractivity contribution in [2.75, 3.05) is 16.0 Å². The lowest BCUT2D eigenvalue weighted by Gasteiger charge is -2.17. The molecule has 0 saturated carbocycles. The smallest absolute Gasteiger partial charge is 0.283 e. The molecule has 0 aliphatic carbocycles. The van der Waals surface area contributed by atoms with E-state index in [4.69, 9.17) is 11.6 Å². The van der Waals surface area contributed by atoms with E-state index in [1.54, 1.807) is 6.08 Å². The number of thioether (sulfide) groups is 1. The number of benzene rings is 3. The number of carbonyl (C=O) groups is 2. The minimum absolute atomic E-state index is 0.0720. The molecule has 5 nitrogen and oxygen atoms in total. The number of amidine groups is 1. The van der Waals surface area contributed by atoms with Crippen molar-refractivity contribution in [1.29, 1.82) is 0 Å². The summed E-state index contributed by atoms with van der Waals surface area (Å²) < 4.78 is 26.7.